The number of esters is 3. The van der Waals surface area contributed by atoms with Crippen LogP contribution in [0.4, 0.5) is 0 Å². The molecule has 0 rings (SSSR count). The fraction of sp³-hybridized carbons (Fsp3) is 0.867. The van der Waals surface area contributed by atoms with Gasteiger partial charge >= 0.3 is 17.9 Å². The second-order valence-corrected chi connectivity index (χ2v) is 16.8. The second kappa shape index (κ2) is 34.1. The third-order valence-electron chi connectivity index (χ3n) is 10.3. The molecule has 8 nitrogen and oxygen atoms in total. The monoisotopic (exact) mass is 749 g/mol. The quantitative estimate of drug-likeness (QED) is 0.0298. The first-order valence-electron chi connectivity index (χ1n) is 21.7. The lowest BCUT2D eigenvalue weighted by Crippen LogP contribution is -2.19. The van der Waals surface area contributed by atoms with E-state index in [9.17, 15) is 14.4 Å². The summed E-state index contributed by atoms with van der Waals surface area (Å²) in [6, 6.07) is 0. The van der Waals surface area contributed by atoms with Gasteiger partial charge in [0, 0.05) is 44.4 Å². The normalized spacial score (nSPS) is 13.8. The highest BCUT2D eigenvalue weighted by molar-refractivity contribution is 5.70. The van der Waals surface area contributed by atoms with Crippen LogP contribution in [-0.4, -0.2) is 50.0 Å². The van der Waals surface area contributed by atoms with Crippen molar-refractivity contribution in [3.8, 4) is 0 Å². The number of nitrogens with one attached hydrogen (secondary N) is 1. The molecule has 0 radical (unpaired) electrons. The standard InChI is InChI=1S/C45H84N2O6/c1-10-46-32-33-47-31-21-26-45(50)53-42(22-17-13-11-15-19-24-43(48)51-34-40(38(6)7)29-27-36(2)3)23-18-14-12-16-20-25-44(49)52-35-41(39(8)9)30-28-37(4)5/h10,32-33,36-42,47H,11-31,34-35H2,1-9H3/b33-32-,46-10?. The van der Waals surface area contributed by atoms with E-state index >= 15 is 0 Å². The Balaban J connectivity index is 4.49. The van der Waals surface area contributed by atoms with Gasteiger partial charge < -0.3 is 19.5 Å². The molecular weight excluding hydrogens is 665 g/mol. The van der Waals surface area contributed by atoms with E-state index in [1.165, 1.54) is 12.8 Å². The highest BCUT2D eigenvalue weighted by Crippen LogP contribution is 2.23. The molecule has 0 aromatic rings. The summed E-state index contributed by atoms with van der Waals surface area (Å²) < 4.78 is 17.3. The number of hydrogen-bond donors (Lipinski definition) is 1. The predicted octanol–water partition coefficient (Wildman–Crippen LogP) is 11.8. The molecule has 0 aromatic carbocycles. The molecule has 2 atom stereocenters. The molecule has 8 heteroatoms. The largest absolute Gasteiger partial charge is 0.465 e. The third kappa shape index (κ3) is 32.7. The van der Waals surface area contributed by atoms with Crippen LogP contribution in [0.3, 0.4) is 0 Å². The van der Waals surface area contributed by atoms with E-state index in [0.29, 0.717) is 80.9 Å². The van der Waals surface area contributed by atoms with Gasteiger partial charge in [-0.2, -0.15) is 0 Å². The van der Waals surface area contributed by atoms with Gasteiger partial charge in [0.05, 0.1) is 13.2 Å². The van der Waals surface area contributed by atoms with Crippen molar-refractivity contribution in [2.45, 2.75) is 197 Å². The van der Waals surface area contributed by atoms with Crippen molar-refractivity contribution in [1.29, 1.82) is 0 Å². The molecule has 0 saturated carbocycles. The summed E-state index contributed by atoms with van der Waals surface area (Å²) in [6.45, 7) is 21.5. The Hall–Kier alpha value is -2.38. The topological polar surface area (TPSA) is 103 Å². The van der Waals surface area contributed by atoms with Crippen molar-refractivity contribution in [1.82, 2.24) is 5.32 Å². The van der Waals surface area contributed by atoms with Gasteiger partial charge in [0.25, 0.3) is 0 Å². The molecule has 0 aromatic heterocycles. The van der Waals surface area contributed by atoms with Crippen LogP contribution in [-0.2, 0) is 28.6 Å². The van der Waals surface area contributed by atoms with Crippen LogP contribution >= 0.6 is 0 Å². The summed E-state index contributed by atoms with van der Waals surface area (Å²) in [7, 11) is 0. The van der Waals surface area contributed by atoms with Crippen LogP contribution in [0.15, 0.2) is 17.4 Å². The van der Waals surface area contributed by atoms with Crippen LogP contribution < -0.4 is 5.32 Å². The first-order chi connectivity index (χ1) is 25.3. The first kappa shape index (κ1) is 50.6. The summed E-state index contributed by atoms with van der Waals surface area (Å²) in [5.74, 6) is 2.98. The van der Waals surface area contributed by atoms with E-state index in [1.807, 2.05) is 6.92 Å². The summed E-state index contributed by atoms with van der Waals surface area (Å²) in [5.41, 5.74) is 0. The number of ether oxygens (including phenoxy) is 3. The number of hydrogen-bond acceptors (Lipinski definition) is 8. The average molecular weight is 749 g/mol. The Bertz CT molecular complexity index is 907. The fourth-order valence-electron chi connectivity index (χ4n) is 6.31. The molecule has 1 N–H and O–H groups in total. The molecule has 2 unspecified atom stereocenters. The van der Waals surface area contributed by atoms with E-state index in [-0.39, 0.29) is 24.0 Å². The zero-order valence-corrected chi connectivity index (χ0v) is 35.9. The minimum Gasteiger partial charge on any atom is -0.465 e. The minimum absolute atomic E-state index is 0.0617. The number of nitrogens with zero attached hydrogens (tertiary/aromatic N) is 1. The van der Waals surface area contributed by atoms with E-state index in [4.69, 9.17) is 14.2 Å². The van der Waals surface area contributed by atoms with E-state index in [0.717, 1.165) is 89.9 Å². The molecule has 0 fully saturated rings. The van der Waals surface area contributed by atoms with Crippen molar-refractivity contribution in [3.05, 3.63) is 12.4 Å². The lowest BCUT2D eigenvalue weighted by atomic mass is 9.89. The van der Waals surface area contributed by atoms with Crippen LogP contribution in [0.5, 0.6) is 0 Å². The predicted molar refractivity (Wildman–Crippen MR) is 222 cm³/mol. The summed E-state index contributed by atoms with van der Waals surface area (Å²) in [4.78, 5) is 41.4. The second-order valence-electron chi connectivity index (χ2n) is 16.8. The molecule has 0 aliphatic heterocycles. The maximum absolute atomic E-state index is 12.7. The molecule has 0 heterocycles. The SMILES string of the molecule is CC=N/C=C\NCCCC(=O)OC(CCCCCCCC(=O)OCC(CCC(C)C)C(C)C)CCCCCCCC(=O)OCC(CCC(C)C)C(C)C. The highest BCUT2D eigenvalue weighted by atomic mass is 16.5. The average Bonchev–Trinajstić information content (AvgIpc) is 3.09. The summed E-state index contributed by atoms with van der Waals surface area (Å²) in [6.07, 6.45) is 23.6. The van der Waals surface area contributed by atoms with Crippen molar-refractivity contribution >= 4 is 24.1 Å². The van der Waals surface area contributed by atoms with Gasteiger partial charge in [0.1, 0.15) is 6.10 Å². The lowest BCUT2D eigenvalue weighted by molar-refractivity contribution is -0.150. The number of unbranched alkanes of at least 4 members (excludes halogenated alkanes) is 8. The summed E-state index contributed by atoms with van der Waals surface area (Å²) in [5, 5.41) is 3.15. The van der Waals surface area contributed by atoms with Crippen LogP contribution in [0, 0.1) is 35.5 Å². The molecule has 53 heavy (non-hydrogen) atoms. The van der Waals surface area contributed by atoms with Gasteiger partial charge in [0.2, 0.25) is 0 Å². The maximum atomic E-state index is 12.7. The van der Waals surface area contributed by atoms with Gasteiger partial charge in [-0.05, 0) is 100 Å². The van der Waals surface area contributed by atoms with Crippen molar-refractivity contribution in [3.63, 3.8) is 0 Å². The molecule has 0 amide bonds. The van der Waals surface area contributed by atoms with Crippen LogP contribution in [0.25, 0.3) is 0 Å². The molecule has 310 valence electrons. The Morgan fingerprint density at radius 1 is 0.547 bits per heavy atom. The molecule has 0 aliphatic carbocycles. The molecule has 0 spiro atoms. The molecular formula is C45H84N2O6. The Labute approximate surface area is 326 Å². The van der Waals surface area contributed by atoms with Gasteiger partial charge in [-0.3, -0.25) is 19.4 Å². The van der Waals surface area contributed by atoms with Crippen molar-refractivity contribution < 1.29 is 28.6 Å². The Morgan fingerprint density at radius 2 is 0.981 bits per heavy atom. The van der Waals surface area contributed by atoms with E-state index < -0.39 is 0 Å². The van der Waals surface area contributed by atoms with E-state index in [1.54, 1.807) is 18.6 Å². The maximum Gasteiger partial charge on any atom is 0.306 e. The zero-order chi connectivity index (χ0) is 39.7. The highest BCUT2D eigenvalue weighted by Gasteiger charge is 2.18. The first-order valence-corrected chi connectivity index (χ1v) is 21.7. The lowest BCUT2D eigenvalue weighted by Gasteiger charge is -2.21. The van der Waals surface area contributed by atoms with Gasteiger partial charge in [0.15, 0.2) is 0 Å². The zero-order valence-electron chi connectivity index (χ0n) is 35.9. The van der Waals surface area contributed by atoms with Crippen LogP contribution in [0.1, 0.15) is 191 Å². The molecule has 0 aliphatic rings. The van der Waals surface area contributed by atoms with Gasteiger partial charge in [-0.1, -0.05) is 107 Å². The molecule has 0 saturated heterocycles. The fourth-order valence-corrected chi connectivity index (χ4v) is 6.31. The number of carbonyl (C=O) groups is 3. The summed E-state index contributed by atoms with van der Waals surface area (Å²) >= 11 is 0. The number of rotatable bonds is 35. The Morgan fingerprint density at radius 3 is 1.42 bits per heavy atom. The van der Waals surface area contributed by atoms with E-state index in [2.05, 4.69) is 65.7 Å². The third-order valence-corrected chi connectivity index (χ3v) is 10.3. The van der Waals surface area contributed by atoms with Crippen LogP contribution in [0.2, 0.25) is 0 Å². The van der Waals surface area contributed by atoms with Crippen molar-refractivity contribution in [2.24, 2.45) is 40.5 Å². The van der Waals surface area contributed by atoms with Crippen molar-refractivity contribution in [2.75, 3.05) is 19.8 Å². The van der Waals surface area contributed by atoms with Gasteiger partial charge in [-0.15, -0.1) is 0 Å². The van der Waals surface area contributed by atoms with Gasteiger partial charge in [-0.25, -0.2) is 0 Å². The minimum atomic E-state index is -0.128. The Kier molecular flexibility index (Phi) is 32.6. The smallest absolute Gasteiger partial charge is 0.306 e. The number of carbonyl (C=O) groups excluding carboxylic acids is 3. The number of aliphatic imine (C=N–C) groups is 1. The molecule has 0 bridgehead atoms.